The molecule has 1 fully saturated rings. The fourth-order valence-electron chi connectivity index (χ4n) is 2.41. The minimum absolute atomic E-state index is 0.348. The zero-order chi connectivity index (χ0) is 14.7. The summed E-state index contributed by atoms with van der Waals surface area (Å²) in [5.41, 5.74) is 1.57. The number of anilines is 2. The number of pyridine rings is 1. The Bertz CT molecular complexity index is 653. The van der Waals surface area contributed by atoms with Crippen molar-refractivity contribution in [3.63, 3.8) is 0 Å². The van der Waals surface area contributed by atoms with E-state index in [2.05, 4.69) is 38.0 Å². The lowest BCUT2D eigenvalue weighted by molar-refractivity contribution is 0.637. The van der Waals surface area contributed by atoms with E-state index in [9.17, 15) is 0 Å². The Hall–Kier alpha value is -2.68. The van der Waals surface area contributed by atoms with Crippen LogP contribution in [0.2, 0.25) is 0 Å². The van der Waals surface area contributed by atoms with Gasteiger partial charge in [-0.2, -0.15) is 5.26 Å². The van der Waals surface area contributed by atoms with Crippen LogP contribution >= 0.6 is 0 Å². The molecular formula is C15H16N6. The second kappa shape index (κ2) is 5.75. The monoisotopic (exact) mass is 280 g/mol. The first-order valence-electron chi connectivity index (χ1n) is 6.92. The van der Waals surface area contributed by atoms with Gasteiger partial charge in [0.15, 0.2) is 11.5 Å². The van der Waals surface area contributed by atoms with Crippen LogP contribution in [0.1, 0.15) is 11.3 Å². The van der Waals surface area contributed by atoms with Crippen LogP contribution in [-0.4, -0.2) is 41.4 Å². The van der Waals surface area contributed by atoms with E-state index in [1.807, 2.05) is 24.4 Å². The number of hydrogen-bond acceptors (Lipinski definition) is 6. The predicted octanol–water partition coefficient (Wildman–Crippen LogP) is 1.38. The van der Waals surface area contributed by atoms with Gasteiger partial charge in [0.25, 0.3) is 0 Å². The van der Waals surface area contributed by atoms with Crippen molar-refractivity contribution in [1.82, 2.24) is 15.2 Å². The Balaban J connectivity index is 1.66. The Labute approximate surface area is 123 Å². The maximum absolute atomic E-state index is 8.74. The third-order valence-corrected chi connectivity index (χ3v) is 3.59. The molecule has 0 N–H and O–H groups in total. The molecule has 1 saturated heterocycles. The molecule has 2 aromatic heterocycles. The number of piperazine rings is 1. The number of aryl methyl sites for hydroxylation is 1. The van der Waals surface area contributed by atoms with Gasteiger partial charge in [0, 0.05) is 32.4 Å². The van der Waals surface area contributed by atoms with Crippen molar-refractivity contribution in [2.45, 2.75) is 6.92 Å². The van der Waals surface area contributed by atoms with Gasteiger partial charge in [-0.15, -0.1) is 10.2 Å². The third kappa shape index (κ3) is 2.92. The summed E-state index contributed by atoms with van der Waals surface area (Å²) in [4.78, 5) is 8.89. The van der Waals surface area contributed by atoms with E-state index in [0.717, 1.165) is 37.8 Å². The van der Waals surface area contributed by atoms with E-state index in [4.69, 9.17) is 5.26 Å². The van der Waals surface area contributed by atoms with E-state index >= 15 is 0 Å². The van der Waals surface area contributed by atoms with Gasteiger partial charge >= 0.3 is 0 Å². The van der Waals surface area contributed by atoms with Crippen LogP contribution in [0.3, 0.4) is 0 Å². The average Bonchev–Trinajstić information content (AvgIpc) is 2.55. The minimum Gasteiger partial charge on any atom is -0.353 e. The Morgan fingerprint density at radius 1 is 1.00 bits per heavy atom. The fraction of sp³-hybridized carbons (Fsp3) is 0.333. The van der Waals surface area contributed by atoms with E-state index < -0.39 is 0 Å². The predicted molar refractivity (Wildman–Crippen MR) is 80.1 cm³/mol. The number of hydrogen-bond donors (Lipinski definition) is 0. The summed E-state index contributed by atoms with van der Waals surface area (Å²) in [5.74, 6) is 1.85. The molecule has 0 aromatic carbocycles. The molecule has 0 spiro atoms. The maximum Gasteiger partial charge on any atom is 0.163 e. The SMILES string of the molecule is Cc1ccnc(N2CCN(c3ccc(C#N)nn3)CC2)c1. The lowest BCUT2D eigenvalue weighted by Gasteiger charge is -2.35. The molecule has 1 aliphatic heterocycles. The molecule has 0 radical (unpaired) electrons. The van der Waals surface area contributed by atoms with Crippen LogP contribution in [0.5, 0.6) is 0 Å². The second-order valence-electron chi connectivity index (χ2n) is 5.05. The Morgan fingerprint density at radius 3 is 2.29 bits per heavy atom. The summed E-state index contributed by atoms with van der Waals surface area (Å²) in [7, 11) is 0. The van der Waals surface area contributed by atoms with Gasteiger partial charge in [-0.3, -0.25) is 0 Å². The van der Waals surface area contributed by atoms with Crippen molar-refractivity contribution < 1.29 is 0 Å². The Kier molecular flexibility index (Phi) is 3.65. The first-order chi connectivity index (χ1) is 10.3. The quantitative estimate of drug-likeness (QED) is 0.827. The molecule has 2 aromatic rings. The van der Waals surface area contributed by atoms with Crippen molar-refractivity contribution in [3.8, 4) is 6.07 Å². The van der Waals surface area contributed by atoms with Crippen LogP contribution in [-0.2, 0) is 0 Å². The van der Waals surface area contributed by atoms with Gasteiger partial charge in [-0.05, 0) is 36.8 Å². The summed E-state index contributed by atoms with van der Waals surface area (Å²) >= 11 is 0. The summed E-state index contributed by atoms with van der Waals surface area (Å²) in [5, 5.41) is 16.7. The largest absolute Gasteiger partial charge is 0.353 e. The Morgan fingerprint density at radius 2 is 1.71 bits per heavy atom. The summed E-state index contributed by atoms with van der Waals surface area (Å²) in [6.07, 6.45) is 1.85. The fourth-order valence-corrected chi connectivity index (χ4v) is 2.41. The van der Waals surface area contributed by atoms with Gasteiger partial charge in [0.1, 0.15) is 11.9 Å². The smallest absolute Gasteiger partial charge is 0.163 e. The molecule has 6 nitrogen and oxygen atoms in total. The highest BCUT2D eigenvalue weighted by Gasteiger charge is 2.19. The molecule has 106 valence electrons. The van der Waals surface area contributed by atoms with Crippen LogP contribution in [0.4, 0.5) is 11.6 Å². The molecule has 21 heavy (non-hydrogen) atoms. The summed E-state index contributed by atoms with van der Waals surface area (Å²) < 4.78 is 0. The zero-order valence-corrected chi connectivity index (χ0v) is 11.9. The van der Waals surface area contributed by atoms with Gasteiger partial charge in [-0.25, -0.2) is 4.98 Å². The lowest BCUT2D eigenvalue weighted by Crippen LogP contribution is -2.47. The van der Waals surface area contributed by atoms with E-state index in [0.29, 0.717) is 5.69 Å². The molecule has 0 saturated carbocycles. The third-order valence-electron chi connectivity index (χ3n) is 3.59. The number of rotatable bonds is 2. The first kappa shape index (κ1) is 13.3. The standard InChI is InChI=1S/C15H16N6/c1-12-4-5-17-15(10-12)21-8-6-20(7-9-21)14-3-2-13(11-16)18-19-14/h2-5,10H,6-9H2,1H3. The van der Waals surface area contributed by atoms with Crippen LogP contribution < -0.4 is 9.80 Å². The van der Waals surface area contributed by atoms with Crippen molar-refractivity contribution in [2.24, 2.45) is 0 Å². The summed E-state index contributed by atoms with van der Waals surface area (Å²) in [6.45, 7) is 5.62. The summed E-state index contributed by atoms with van der Waals surface area (Å²) in [6, 6.07) is 9.66. The van der Waals surface area contributed by atoms with Gasteiger partial charge in [0.2, 0.25) is 0 Å². The highest BCUT2D eigenvalue weighted by molar-refractivity contribution is 5.45. The molecule has 1 aliphatic rings. The lowest BCUT2D eigenvalue weighted by atomic mass is 10.2. The molecule has 0 amide bonds. The average molecular weight is 280 g/mol. The van der Waals surface area contributed by atoms with Gasteiger partial charge < -0.3 is 9.80 Å². The van der Waals surface area contributed by atoms with E-state index in [-0.39, 0.29) is 0 Å². The highest BCUT2D eigenvalue weighted by Crippen LogP contribution is 2.17. The molecule has 0 unspecified atom stereocenters. The molecule has 0 bridgehead atoms. The number of nitrogens with zero attached hydrogens (tertiary/aromatic N) is 6. The maximum atomic E-state index is 8.74. The second-order valence-corrected chi connectivity index (χ2v) is 5.05. The van der Waals surface area contributed by atoms with Crippen molar-refractivity contribution in [1.29, 1.82) is 5.26 Å². The number of nitriles is 1. The van der Waals surface area contributed by atoms with Crippen molar-refractivity contribution in [2.75, 3.05) is 36.0 Å². The van der Waals surface area contributed by atoms with Gasteiger partial charge in [-0.1, -0.05) is 0 Å². The molecule has 0 atom stereocenters. The highest BCUT2D eigenvalue weighted by atomic mass is 15.3. The normalized spacial score (nSPS) is 14.9. The number of aromatic nitrogens is 3. The van der Waals surface area contributed by atoms with E-state index in [1.165, 1.54) is 5.56 Å². The van der Waals surface area contributed by atoms with Crippen LogP contribution in [0, 0.1) is 18.3 Å². The topological polar surface area (TPSA) is 68.9 Å². The first-order valence-corrected chi connectivity index (χ1v) is 6.92. The molecule has 0 aliphatic carbocycles. The minimum atomic E-state index is 0.348. The zero-order valence-electron chi connectivity index (χ0n) is 11.9. The molecule has 3 heterocycles. The van der Waals surface area contributed by atoms with Crippen LogP contribution in [0.15, 0.2) is 30.5 Å². The molecule has 6 heteroatoms. The van der Waals surface area contributed by atoms with Gasteiger partial charge in [0.05, 0.1) is 0 Å². The van der Waals surface area contributed by atoms with Crippen molar-refractivity contribution >= 4 is 11.6 Å². The van der Waals surface area contributed by atoms with E-state index in [1.54, 1.807) is 6.07 Å². The van der Waals surface area contributed by atoms with Crippen molar-refractivity contribution in [3.05, 3.63) is 41.7 Å². The molecular weight excluding hydrogens is 264 g/mol. The van der Waals surface area contributed by atoms with Crippen LogP contribution in [0.25, 0.3) is 0 Å². The molecule has 3 rings (SSSR count).